The first-order valence-corrected chi connectivity index (χ1v) is 6.52. The van der Waals surface area contributed by atoms with Crippen LogP contribution in [0, 0.1) is 6.92 Å². The van der Waals surface area contributed by atoms with Gasteiger partial charge in [-0.05, 0) is 19.1 Å². The van der Waals surface area contributed by atoms with Gasteiger partial charge in [0.05, 0.1) is 12.0 Å². The number of nitrogens with two attached hydrogens (primary N) is 1. The van der Waals surface area contributed by atoms with E-state index in [-0.39, 0.29) is 35.0 Å². The van der Waals surface area contributed by atoms with Crippen LogP contribution < -0.4 is 11.4 Å². The summed E-state index contributed by atoms with van der Waals surface area (Å²) in [7, 11) is 0. The Bertz CT molecular complexity index is 990. The third kappa shape index (κ3) is 2.35. The molecule has 0 spiro atoms. The van der Waals surface area contributed by atoms with Gasteiger partial charge in [-0.15, -0.1) is 10.2 Å². The first-order chi connectivity index (χ1) is 10.9. The third-order valence-electron chi connectivity index (χ3n) is 3.29. The van der Waals surface area contributed by atoms with Gasteiger partial charge in [0.1, 0.15) is 17.2 Å². The van der Waals surface area contributed by atoms with E-state index < -0.39 is 11.3 Å². The van der Waals surface area contributed by atoms with Crippen LogP contribution in [0.1, 0.15) is 21.9 Å². The number of nitrogen functional groups attached to an aromatic ring is 1. The number of phenolic OH excluding ortho intramolecular Hbond substituents is 2. The molecule has 0 amide bonds. The van der Waals surface area contributed by atoms with Crippen molar-refractivity contribution in [3.63, 3.8) is 0 Å². The van der Waals surface area contributed by atoms with E-state index in [9.17, 15) is 19.8 Å². The zero-order valence-corrected chi connectivity index (χ0v) is 12.0. The van der Waals surface area contributed by atoms with Gasteiger partial charge in [-0.1, -0.05) is 0 Å². The summed E-state index contributed by atoms with van der Waals surface area (Å²) >= 11 is 0. The fourth-order valence-electron chi connectivity index (χ4n) is 2.12. The molecule has 0 aliphatic rings. The minimum atomic E-state index is -0.684. The normalized spacial score (nSPS) is 11.0. The van der Waals surface area contributed by atoms with Crippen molar-refractivity contribution in [3.05, 3.63) is 45.6 Å². The van der Waals surface area contributed by atoms with E-state index in [1.807, 2.05) is 0 Å². The summed E-state index contributed by atoms with van der Waals surface area (Å²) in [5, 5.41) is 30.5. The molecule has 10 heteroatoms. The van der Waals surface area contributed by atoms with Crippen molar-refractivity contribution in [1.29, 1.82) is 0 Å². The van der Waals surface area contributed by atoms with Crippen molar-refractivity contribution in [2.75, 3.05) is 5.84 Å². The van der Waals surface area contributed by atoms with Crippen LogP contribution in [0.5, 0.6) is 11.5 Å². The molecule has 0 unspecified atom stereocenters. The molecule has 2 aromatic heterocycles. The van der Waals surface area contributed by atoms with Crippen molar-refractivity contribution >= 4 is 11.6 Å². The number of aromatic hydroxyl groups is 2. The van der Waals surface area contributed by atoms with Gasteiger partial charge in [0.2, 0.25) is 0 Å². The van der Waals surface area contributed by atoms with Crippen molar-refractivity contribution < 1.29 is 15.0 Å². The molecule has 10 nitrogen and oxygen atoms in total. The Balaban J connectivity index is 2.04. The first kappa shape index (κ1) is 14.5. The highest BCUT2D eigenvalue weighted by Gasteiger charge is 2.19. The second-order valence-corrected chi connectivity index (χ2v) is 4.88. The van der Waals surface area contributed by atoms with Gasteiger partial charge in [0.15, 0.2) is 11.6 Å². The number of fused-ring (bicyclic) bond motifs is 1. The number of Topliss-reactive ketones (excluding diaryl/α,β-unsaturated/α-hetero) is 1. The number of nitrogens with zero attached hydrogens (tertiary/aromatic N) is 5. The Labute approximate surface area is 128 Å². The summed E-state index contributed by atoms with van der Waals surface area (Å²) in [4.78, 5) is 24.4. The standard InChI is InChI=1S/C13H12N6O4/c1-6-15-16-13-18(14)12(23)9(17-19(6)13)5-11(22)8-3-2-7(20)4-10(8)21/h2-4,20-21H,5,14H2,1H3. The van der Waals surface area contributed by atoms with Crippen LogP contribution in [-0.4, -0.2) is 40.5 Å². The van der Waals surface area contributed by atoms with Crippen molar-refractivity contribution in [2.24, 2.45) is 0 Å². The molecule has 0 atom stereocenters. The first-order valence-electron chi connectivity index (χ1n) is 6.52. The van der Waals surface area contributed by atoms with Crippen molar-refractivity contribution in [2.45, 2.75) is 13.3 Å². The Morgan fingerprint density at radius 1 is 1.30 bits per heavy atom. The highest BCUT2D eigenvalue weighted by molar-refractivity contribution is 5.99. The van der Waals surface area contributed by atoms with E-state index in [1.54, 1.807) is 6.92 Å². The highest BCUT2D eigenvalue weighted by atomic mass is 16.3. The van der Waals surface area contributed by atoms with Gasteiger partial charge in [-0.3, -0.25) is 9.59 Å². The highest BCUT2D eigenvalue weighted by Crippen LogP contribution is 2.23. The molecular formula is C13H12N6O4. The van der Waals surface area contributed by atoms with Crippen molar-refractivity contribution in [3.8, 4) is 11.5 Å². The molecule has 2 heterocycles. The summed E-state index contributed by atoms with van der Waals surface area (Å²) in [5.74, 6) is 4.99. The predicted molar refractivity (Wildman–Crippen MR) is 77.7 cm³/mol. The van der Waals surface area contributed by atoms with E-state index in [0.717, 1.165) is 10.7 Å². The van der Waals surface area contributed by atoms with Crippen LogP contribution in [0.25, 0.3) is 5.78 Å². The van der Waals surface area contributed by atoms with Crippen molar-refractivity contribution in [1.82, 2.24) is 24.5 Å². The molecule has 0 radical (unpaired) electrons. The number of carbonyl (C=O) groups is 1. The number of aryl methyl sites for hydroxylation is 1. The molecule has 0 fully saturated rings. The Morgan fingerprint density at radius 2 is 2.04 bits per heavy atom. The van der Waals surface area contributed by atoms with Gasteiger partial charge in [-0.25, -0.2) is 0 Å². The maximum Gasteiger partial charge on any atom is 0.295 e. The smallest absolute Gasteiger partial charge is 0.295 e. The number of ketones is 1. The lowest BCUT2D eigenvalue weighted by Crippen LogP contribution is -2.34. The molecule has 0 saturated carbocycles. The second-order valence-electron chi connectivity index (χ2n) is 4.88. The lowest BCUT2D eigenvalue weighted by molar-refractivity contribution is 0.0988. The van der Waals surface area contributed by atoms with E-state index >= 15 is 0 Å². The number of carbonyl (C=O) groups excluding carboxylic acids is 1. The topological polar surface area (TPSA) is 149 Å². The van der Waals surface area contributed by atoms with Crippen LogP contribution >= 0.6 is 0 Å². The molecule has 0 saturated heterocycles. The molecule has 0 aliphatic heterocycles. The maximum absolute atomic E-state index is 12.3. The van der Waals surface area contributed by atoms with Crippen LogP contribution in [0.2, 0.25) is 0 Å². The number of hydrogen-bond acceptors (Lipinski definition) is 8. The summed E-state index contributed by atoms with van der Waals surface area (Å²) in [5.41, 5.74) is -0.829. The zero-order chi connectivity index (χ0) is 16.7. The Kier molecular flexibility index (Phi) is 3.21. The molecule has 23 heavy (non-hydrogen) atoms. The van der Waals surface area contributed by atoms with Gasteiger partial charge in [0, 0.05) is 6.07 Å². The molecule has 0 bridgehead atoms. The lowest BCUT2D eigenvalue weighted by atomic mass is 10.1. The third-order valence-corrected chi connectivity index (χ3v) is 3.29. The minimum Gasteiger partial charge on any atom is -0.508 e. The van der Waals surface area contributed by atoms with E-state index in [1.165, 1.54) is 16.6 Å². The van der Waals surface area contributed by atoms with Gasteiger partial charge >= 0.3 is 0 Å². The fraction of sp³-hybridized carbons (Fsp3) is 0.154. The number of aromatic nitrogens is 5. The van der Waals surface area contributed by atoms with E-state index in [0.29, 0.717) is 5.82 Å². The summed E-state index contributed by atoms with van der Waals surface area (Å²) < 4.78 is 2.01. The fourth-order valence-corrected chi connectivity index (χ4v) is 2.12. The number of benzene rings is 1. The van der Waals surface area contributed by atoms with Gasteiger partial charge in [-0.2, -0.15) is 14.3 Å². The minimum absolute atomic E-state index is 0.0341. The van der Waals surface area contributed by atoms with E-state index in [4.69, 9.17) is 5.84 Å². The average molecular weight is 316 g/mol. The quantitative estimate of drug-likeness (QED) is 0.417. The van der Waals surface area contributed by atoms with Crippen LogP contribution in [-0.2, 0) is 6.42 Å². The molecule has 3 aromatic rings. The maximum atomic E-state index is 12.3. The van der Waals surface area contributed by atoms with Crippen LogP contribution in [0.4, 0.5) is 0 Å². The SMILES string of the molecule is Cc1nnc2n(N)c(=O)c(CC(=O)c3ccc(O)cc3O)nn12. The zero-order valence-electron chi connectivity index (χ0n) is 12.0. The molecule has 0 aliphatic carbocycles. The van der Waals surface area contributed by atoms with Crippen LogP contribution in [0.3, 0.4) is 0 Å². The molecule has 3 rings (SSSR count). The Hall–Kier alpha value is -3.43. The molecular weight excluding hydrogens is 304 g/mol. The number of phenols is 2. The second kappa shape index (κ2) is 5.09. The largest absolute Gasteiger partial charge is 0.508 e. The molecule has 4 N–H and O–H groups in total. The number of rotatable bonds is 3. The number of hydrogen-bond donors (Lipinski definition) is 3. The molecule has 1 aromatic carbocycles. The molecule has 118 valence electrons. The monoisotopic (exact) mass is 316 g/mol. The van der Waals surface area contributed by atoms with Crippen LogP contribution in [0.15, 0.2) is 23.0 Å². The van der Waals surface area contributed by atoms with E-state index in [2.05, 4.69) is 15.3 Å². The lowest BCUT2D eigenvalue weighted by Gasteiger charge is -2.06. The Morgan fingerprint density at radius 3 is 2.74 bits per heavy atom. The average Bonchev–Trinajstić information content (AvgIpc) is 2.85. The summed E-state index contributed by atoms with van der Waals surface area (Å²) in [6.45, 7) is 1.62. The van der Waals surface area contributed by atoms with Gasteiger partial charge in [0.25, 0.3) is 11.3 Å². The predicted octanol–water partition coefficient (Wildman–Crippen LogP) is -0.855. The summed E-state index contributed by atoms with van der Waals surface area (Å²) in [6, 6.07) is 3.56. The summed E-state index contributed by atoms with van der Waals surface area (Å²) in [6.07, 6.45) is -0.373. The van der Waals surface area contributed by atoms with Gasteiger partial charge < -0.3 is 16.1 Å².